The average molecular weight is 420 g/mol. The molecule has 3 aliphatic rings. The SMILES string of the molecule is Cc1cccc2c1c(=O)nc(CN1C(=O)N(C3CC3)C3CC=CN=C31)n2CCC(C)C. The zero-order valence-electron chi connectivity index (χ0n) is 18.4. The maximum atomic E-state index is 13.4. The summed E-state index contributed by atoms with van der Waals surface area (Å²) >= 11 is 0. The van der Waals surface area contributed by atoms with Crippen LogP contribution in [0.25, 0.3) is 10.9 Å². The number of hydrogen-bond acceptors (Lipinski definition) is 4. The molecule has 7 nitrogen and oxygen atoms in total. The summed E-state index contributed by atoms with van der Waals surface area (Å²) in [5.41, 5.74) is 1.60. The number of amidine groups is 1. The van der Waals surface area contributed by atoms with Gasteiger partial charge in [-0.15, -0.1) is 0 Å². The number of hydrogen-bond donors (Lipinski definition) is 0. The zero-order chi connectivity index (χ0) is 21.7. The molecule has 3 heterocycles. The topological polar surface area (TPSA) is 70.8 Å². The number of urea groups is 1. The van der Waals surface area contributed by atoms with Gasteiger partial charge in [0.2, 0.25) is 0 Å². The quantitative estimate of drug-likeness (QED) is 0.714. The molecular weight excluding hydrogens is 390 g/mol. The van der Waals surface area contributed by atoms with Crippen LogP contribution in [0.4, 0.5) is 4.79 Å². The molecule has 2 aliphatic heterocycles. The normalized spacial score (nSPS) is 20.7. The van der Waals surface area contributed by atoms with Crippen LogP contribution in [0.5, 0.6) is 0 Å². The Morgan fingerprint density at radius 2 is 2.00 bits per heavy atom. The van der Waals surface area contributed by atoms with Gasteiger partial charge >= 0.3 is 6.03 Å². The summed E-state index contributed by atoms with van der Waals surface area (Å²) in [7, 11) is 0. The Morgan fingerprint density at radius 1 is 1.19 bits per heavy atom. The van der Waals surface area contributed by atoms with E-state index in [4.69, 9.17) is 0 Å². The van der Waals surface area contributed by atoms with Gasteiger partial charge in [-0.1, -0.05) is 32.1 Å². The Balaban J connectivity index is 1.59. The van der Waals surface area contributed by atoms with E-state index in [-0.39, 0.29) is 24.2 Å². The number of carbonyl (C=O) groups is 1. The molecule has 0 radical (unpaired) electrons. The molecule has 5 rings (SSSR count). The lowest BCUT2D eigenvalue weighted by Gasteiger charge is -2.22. The second-order valence-electron chi connectivity index (χ2n) is 9.27. The Morgan fingerprint density at radius 3 is 2.74 bits per heavy atom. The van der Waals surface area contributed by atoms with Crippen molar-refractivity contribution >= 4 is 22.8 Å². The highest BCUT2D eigenvalue weighted by molar-refractivity contribution is 6.08. The summed E-state index contributed by atoms with van der Waals surface area (Å²) in [6, 6.07) is 6.22. The van der Waals surface area contributed by atoms with E-state index in [9.17, 15) is 9.59 Å². The number of aliphatic imine (C=N–C) groups is 1. The molecule has 1 saturated carbocycles. The molecule has 1 unspecified atom stereocenters. The Hall–Kier alpha value is -2.96. The monoisotopic (exact) mass is 419 g/mol. The van der Waals surface area contributed by atoms with E-state index in [2.05, 4.69) is 28.4 Å². The molecule has 1 aromatic carbocycles. The molecule has 162 valence electrons. The fraction of sp³-hybridized carbons (Fsp3) is 0.500. The predicted octanol–water partition coefficient (Wildman–Crippen LogP) is 3.84. The van der Waals surface area contributed by atoms with Crippen LogP contribution in [0.15, 0.2) is 40.3 Å². The predicted molar refractivity (Wildman–Crippen MR) is 121 cm³/mol. The summed E-state index contributed by atoms with van der Waals surface area (Å²) in [5, 5.41) is 0.665. The van der Waals surface area contributed by atoms with Crippen molar-refractivity contribution in [2.75, 3.05) is 0 Å². The number of nitrogens with zero attached hydrogens (tertiary/aromatic N) is 5. The molecule has 0 bridgehead atoms. The molecule has 2 aromatic rings. The van der Waals surface area contributed by atoms with Crippen molar-refractivity contribution in [1.29, 1.82) is 0 Å². The van der Waals surface area contributed by atoms with E-state index in [1.807, 2.05) is 36.1 Å². The molecule has 0 N–H and O–H groups in total. The third-order valence-electron chi connectivity index (χ3n) is 6.50. The second-order valence-corrected chi connectivity index (χ2v) is 9.27. The molecule has 1 saturated heterocycles. The second kappa shape index (κ2) is 7.62. The molecule has 2 amide bonds. The van der Waals surface area contributed by atoms with Crippen molar-refractivity contribution in [2.24, 2.45) is 10.9 Å². The van der Waals surface area contributed by atoms with Crippen molar-refractivity contribution in [1.82, 2.24) is 19.4 Å². The first-order valence-corrected chi connectivity index (χ1v) is 11.3. The number of aromatic nitrogens is 2. The summed E-state index contributed by atoms with van der Waals surface area (Å²) in [5.74, 6) is 1.93. The van der Waals surface area contributed by atoms with Crippen LogP contribution in [0.3, 0.4) is 0 Å². The van der Waals surface area contributed by atoms with Crippen molar-refractivity contribution in [3.8, 4) is 0 Å². The van der Waals surface area contributed by atoms with Gasteiger partial charge in [0.25, 0.3) is 5.56 Å². The van der Waals surface area contributed by atoms with Crippen molar-refractivity contribution in [3.05, 3.63) is 52.2 Å². The number of rotatable bonds is 6. The van der Waals surface area contributed by atoms with Gasteiger partial charge in [-0.05, 0) is 50.2 Å². The van der Waals surface area contributed by atoms with Crippen LogP contribution < -0.4 is 5.56 Å². The Bertz CT molecular complexity index is 1160. The minimum absolute atomic E-state index is 0.00327. The first-order valence-electron chi connectivity index (χ1n) is 11.3. The van der Waals surface area contributed by atoms with E-state index in [1.165, 1.54) is 0 Å². The van der Waals surface area contributed by atoms with Crippen molar-refractivity contribution in [3.63, 3.8) is 0 Å². The number of carbonyl (C=O) groups excluding carboxylic acids is 1. The fourth-order valence-electron chi connectivity index (χ4n) is 4.71. The van der Waals surface area contributed by atoms with Crippen LogP contribution in [-0.2, 0) is 13.1 Å². The first-order chi connectivity index (χ1) is 15.0. The average Bonchev–Trinajstić information content (AvgIpc) is 3.53. The van der Waals surface area contributed by atoms with E-state index < -0.39 is 0 Å². The van der Waals surface area contributed by atoms with Gasteiger partial charge in [-0.25, -0.2) is 9.79 Å². The number of aryl methyl sites for hydroxylation is 2. The lowest BCUT2D eigenvalue weighted by atomic mass is 10.1. The van der Waals surface area contributed by atoms with Gasteiger partial charge < -0.3 is 9.47 Å². The molecule has 1 aliphatic carbocycles. The standard InChI is InChI=1S/C24H29N5O2/c1-15(2)11-13-27-18-7-4-6-16(3)21(18)23(30)26-20(27)14-28-22-19(8-5-12-25-22)29(24(28)31)17-9-10-17/h4-7,12,15,17,19H,8-11,13-14H2,1-3H3. The third kappa shape index (κ3) is 3.46. The third-order valence-corrected chi connectivity index (χ3v) is 6.50. The van der Waals surface area contributed by atoms with Gasteiger partial charge in [0, 0.05) is 18.8 Å². The zero-order valence-corrected chi connectivity index (χ0v) is 18.4. The smallest absolute Gasteiger partial charge is 0.326 e. The minimum Gasteiger partial charge on any atom is -0.327 e. The van der Waals surface area contributed by atoms with Crippen LogP contribution in [0.1, 0.15) is 50.9 Å². The summed E-state index contributed by atoms with van der Waals surface area (Å²) < 4.78 is 2.13. The molecule has 1 atom stereocenters. The number of amides is 2. The Kier molecular flexibility index (Phi) is 4.91. The highest BCUT2D eigenvalue weighted by Crippen LogP contribution is 2.36. The van der Waals surface area contributed by atoms with Crippen molar-refractivity contribution < 1.29 is 4.79 Å². The van der Waals surface area contributed by atoms with Gasteiger partial charge in [0.05, 0.1) is 23.5 Å². The van der Waals surface area contributed by atoms with Crippen LogP contribution >= 0.6 is 0 Å². The van der Waals surface area contributed by atoms with Gasteiger partial charge in [-0.3, -0.25) is 9.69 Å². The maximum absolute atomic E-state index is 13.4. The molecular formula is C24H29N5O2. The molecule has 31 heavy (non-hydrogen) atoms. The van der Waals surface area contributed by atoms with Crippen LogP contribution in [0, 0.1) is 12.8 Å². The lowest BCUT2D eigenvalue weighted by Crippen LogP contribution is -2.37. The first kappa shape index (κ1) is 20.0. The van der Waals surface area contributed by atoms with Crippen LogP contribution in [0.2, 0.25) is 0 Å². The maximum Gasteiger partial charge on any atom is 0.326 e. The van der Waals surface area contributed by atoms with E-state index in [0.717, 1.165) is 49.1 Å². The minimum atomic E-state index is -0.225. The van der Waals surface area contributed by atoms with Crippen LogP contribution in [-0.4, -0.2) is 43.3 Å². The summed E-state index contributed by atoms with van der Waals surface area (Å²) in [6.07, 6.45) is 7.68. The number of fused-ring (bicyclic) bond motifs is 2. The Labute approximate surface area is 182 Å². The lowest BCUT2D eigenvalue weighted by molar-refractivity contribution is 0.182. The van der Waals surface area contributed by atoms with Gasteiger partial charge in [0.1, 0.15) is 11.7 Å². The number of benzene rings is 1. The molecule has 0 spiro atoms. The summed E-state index contributed by atoms with van der Waals surface area (Å²) in [4.78, 5) is 39.1. The van der Waals surface area contributed by atoms with Gasteiger partial charge in [0.15, 0.2) is 0 Å². The van der Waals surface area contributed by atoms with Crippen molar-refractivity contribution in [2.45, 2.75) is 71.6 Å². The highest BCUT2D eigenvalue weighted by atomic mass is 16.2. The molecule has 2 fully saturated rings. The van der Waals surface area contributed by atoms with E-state index in [0.29, 0.717) is 23.2 Å². The van der Waals surface area contributed by atoms with Gasteiger partial charge in [-0.2, -0.15) is 4.98 Å². The van der Waals surface area contributed by atoms with E-state index in [1.54, 1.807) is 11.1 Å². The van der Waals surface area contributed by atoms with E-state index >= 15 is 0 Å². The molecule has 7 heteroatoms. The summed E-state index contributed by atoms with van der Waals surface area (Å²) in [6.45, 7) is 7.35. The highest BCUT2D eigenvalue weighted by Gasteiger charge is 2.49. The fourth-order valence-corrected chi connectivity index (χ4v) is 4.71. The largest absolute Gasteiger partial charge is 0.327 e. The molecule has 1 aromatic heterocycles.